The lowest BCUT2D eigenvalue weighted by Crippen LogP contribution is -3.16. The molecule has 2 aromatic rings. The molecule has 0 unspecified atom stereocenters. The summed E-state index contributed by atoms with van der Waals surface area (Å²) < 4.78 is 0. The molecule has 1 aliphatic carbocycles. The van der Waals surface area contributed by atoms with Gasteiger partial charge in [-0.3, -0.25) is 4.99 Å². The molecule has 2 N–H and O–H groups in total. The minimum absolute atomic E-state index is 0.259. The summed E-state index contributed by atoms with van der Waals surface area (Å²) in [6.45, 7) is 0.831. The van der Waals surface area contributed by atoms with Crippen molar-refractivity contribution >= 4 is 17.0 Å². The maximum Gasteiger partial charge on any atom is 0.124 e. The molecule has 1 saturated carbocycles. The van der Waals surface area contributed by atoms with Crippen LogP contribution in [0.5, 0.6) is 5.75 Å². The highest BCUT2D eigenvalue weighted by Crippen LogP contribution is 2.27. The number of rotatable bonds is 4. The van der Waals surface area contributed by atoms with E-state index in [4.69, 9.17) is 4.99 Å². The highest BCUT2D eigenvalue weighted by Gasteiger charge is 2.37. The zero-order chi connectivity index (χ0) is 16.3. The fraction of sp³-hybridized carbons (Fsp3) is 0.450. The van der Waals surface area contributed by atoms with Crippen LogP contribution < -0.4 is 4.90 Å². The lowest BCUT2D eigenvalue weighted by atomic mass is 9.81. The summed E-state index contributed by atoms with van der Waals surface area (Å²) in [4.78, 5) is 6.26. The highest BCUT2D eigenvalue weighted by molar-refractivity contribution is 6.02. The number of quaternary nitrogens is 1. The summed E-state index contributed by atoms with van der Waals surface area (Å²) in [6.07, 6.45) is 8.32. The fourth-order valence-electron chi connectivity index (χ4n) is 3.78. The van der Waals surface area contributed by atoms with Crippen molar-refractivity contribution in [1.29, 1.82) is 0 Å². The van der Waals surface area contributed by atoms with Crippen molar-refractivity contribution in [1.82, 2.24) is 0 Å². The Bertz CT molecular complexity index is 700. The minimum Gasteiger partial charge on any atom is -0.507 e. The van der Waals surface area contributed by atoms with Gasteiger partial charge >= 0.3 is 0 Å². The molecule has 122 valence electrons. The molecular formula is C20H27N2O+. The van der Waals surface area contributed by atoms with Gasteiger partial charge in [-0.2, -0.15) is 0 Å². The average Bonchev–Trinajstić information content (AvgIpc) is 2.57. The van der Waals surface area contributed by atoms with Gasteiger partial charge in [0, 0.05) is 24.6 Å². The van der Waals surface area contributed by atoms with Crippen molar-refractivity contribution in [2.45, 2.75) is 37.6 Å². The lowest BCUT2D eigenvalue weighted by Gasteiger charge is -2.38. The zero-order valence-corrected chi connectivity index (χ0v) is 14.2. The van der Waals surface area contributed by atoms with Crippen molar-refractivity contribution < 1.29 is 10.0 Å². The summed E-state index contributed by atoms with van der Waals surface area (Å²) >= 11 is 0. The zero-order valence-electron chi connectivity index (χ0n) is 14.2. The molecule has 1 fully saturated rings. The number of hydrogen-bond donors (Lipinski definition) is 2. The smallest absolute Gasteiger partial charge is 0.124 e. The van der Waals surface area contributed by atoms with E-state index in [0.717, 1.165) is 22.9 Å². The lowest BCUT2D eigenvalue weighted by molar-refractivity contribution is -0.915. The molecule has 0 aliphatic heterocycles. The van der Waals surface area contributed by atoms with Crippen LogP contribution in [-0.4, -0.2) is 37.5 Å². The third-order valence-electron chi connectivity index (χ3n) is 5.43. The number of phenolic OH excluding ortho intramolecular Hbond substituents is 1. The number of nitrogens with zero attached hydrogens (tertiary/aromatic N) is 1. The first-order chi connectivity index (χ1) is 11.1. The van der Waals surface area contributed by atoms with E-state index in [1.54, 1.807) is 6.07 Å². The molecule has 0 bridgehead atoms. The summed E-state index contributed by atoms with van der Waals surface area (Å²) in [6, 6.07) is 11.9. The van der Waals surface area contributed by atoms with Crippen LogP contribution in [0.3, 0.4) is 0 Å². The van der Waals surface area contributed by atoms with Crippen LogP contribution in [0.1, 0.15) is 37.7 Å². The monoisotopic (exact) mass is 311 g/mol. The van der Waals surface area contributed by atoms with Crippen molar-refractivity contribution in [2.24, 2.45) is 4.99 Å². The molecule has 23 heavy (non-hydrogen) atoms. The fourth-order valence-corrected chi connectivity index (χ4v) is 3.78. The molecule has 0 spiro atoms. The number of benzene rings is 2. The minimum atomic E-state index is 0.259. The quantitative estimate of drug-likeness (QED) is 0.837. The third kappa shape index (κ3) is 3.25. The van der Waals surface area contributed by atoms with Crippen LogP contribution in [0, 0.1) is 0 Å². The molecule has 3 nitrogen and oxygen atoms in total. The van der Waals surface area contributed by atoms with Gasteiger partial charge < -0.3 is 10.0 Å². The van der Waals surface area contributed by atoms with E-state index in [1.165, 1.54) is 37.0 Å². The maximum absolute atomic E-state index is 10.2. The van der Waals surface area contributed by atoms with Crippen molar-refractivity contribution in [2.75, 3.05) is 20.6 Å². The van der Waals surface area contributed by atoms with Gasteiger partial charge in [0.1, 0.15) is 11.3 Å². The Balaban J connectivity index is 1.86. The van der Waals surface area contributed by atoms with Crippen molar-refractivity contribution in [3.63, 3.8) is 0 Å². The van der Waals surface area contributed by atoms with Crippen LogP contribution in [0.15, 0.2) is 41.4 Å². The first kappa shape index (κ1) is 16.0. The summed E-state index contributed by atoms with van der Waals surface area (Å²) in [5.41, 5.74) is 1.09. The van der Waals surface area contributed by atoms with Gasteiger partial charge in [0.2, 0.25) is 0 Å². The Morgan fingerprint density at radius 1 is 1.09 bits per heavy atom. The van der Waals surface area contributed by atoms with Gasteiger partial charge in [0.05, 0.1) is 20.6 Å². The molecule has 3 heteroatoms. The second-order valence-electron chi connectivity index (χ2n) is 7.03. The van der Waals surface area contributed by atoms with Gasteiger partial charge in [0.15, 0.2) is 0 Å². The second-order valence-corrected chi connectivity index (χ2v) is 7.03. The Morgan fingerprint density at radius 2 is 1.83 bits per heavy atom. The van der Waals surface area contributed by atoms with E-state index in [9.17, 15) is 5.11 Å². The number of nitrogens with one attached hydrogen (secondary N) is 1. The predicted octanol–water partition coefficient (Wildman–Crippen LogP) is 2.81. The van der Waals surface area contributed by atoms with Crippen LogP contribution in [0.4, 0.5) is 0 Å². The third-order valence-corrected chi connectivity index (χ3v) is 5.43. The summed E-state index contributed by atoms with van der Waals surface area (Å²) in [5.74, 6) is 0.308. The van der Waals surface area contributed by atoms with Gasteiger partial charge in [-0.05, 0) is 29.7 Å². The Labute approximate surface area is 138 Å². The van der Waals surface area contributed by atoms with E-state index in [1.807, 2.05) is 30.5 Å². The average molecular weight is 311 g/mol. The van der Waals surface area contributed by atoms with Gasteiger partial charge in [0.25, 0.3) is 0 Å². The Hall–Kier alpha value is -1.87. The van der Waals surface area contributed by atoms with Crippen LogP contribution in [0.2, 0.25) is 0 Å². The van der Waals surface area contributed by atoms with Crippen molar-refractivity contribution in [3.8, 4) is 5.75 Å². The SMILES string of the molecule is C[NH+](C)C1(CN=Cc2c(O)ccc3ccccc23)CCCCC1. The molecule has 1 aliphatic rings. The van der Waals surface area contributed by atoms with E-state index in [2.05, 4.69) is 20.2 Å². The number of fused-ring (bicyclic) bond motifs is 1. The van der Waals surface area contributed by atoms with Crippen LogP contribution >= 0.6 is 0 Å². The number of likely N-dealkylation sites (N-methyl/N-ethyl adjacent to an activating group) is 1. The second kappa shape index (κ2) is 6.71. The Morgan fingerprint density at radius 3 is 2.57 bits per heavy atom. The highest BCUT2D eigenvalue weighted by atomic mass is 16.3. The molecular weight excluding hydrogens is 284 g/mol. The topological polar surface area (TPSA) is 37.0 Å². The number of hydrogen-bond acceptors (Lipinski definition) is 2. The van der Waals surface area contributed by atoms with E-state index in [-0.39, 0.29) is 5.54 Å². The van der Waals surface area contributed by atoms with Crippen LogP contribution in [-0.2, 0) is 0 Å². The first-order valence-corrected chi connectivity index (χ1v) is 8.64. The standard InChI is InChI=1S/C20H26N2O/c1-22(2)20(12-6-3-7-13-20)15-21-14-18-17-9-5-4-8-16(17)10-11-19(18)23/h4-5,8-11,14,23H,3,6-7,12-13,15H2,1-2H3/p+1. The summed E-state index contributed by atoms with van der Waals surface area (Å²) in [5, 5.41) is 12.4. The van der Waals surface area contributed by atoms with Gasteiger partial charge in [-0.25, -0.2) is 0 Å². The largest absolute Gasteiger partial charge is 0.507 e. The van der Waals surface area contributed by atoms with Crippen molar-refractivity contribution in [3.05, 3.63) is 42.0 Å². The van der Waals surface area contributed by atoms with Gasteiger partial charge in [-0.15, -0.1) is 0 Å². The number of aliphatic imine (C=N–C) groups is 1. The molecule has 0 amide bonds. The molecule has 3 rings (SSSR count). The first-order valence-electron chi connectivity index (χ1n) is 8.64. The number of phenols is 1. The van der Waals surface area contributed by atoms with E-state index < -0.39 is 0 Å². The molecule has 0 heterocycles. The molecule has 2 aromatic carbocycles. The molecule has 0 atom stereocenters. The van der Waals surface area contributed by atoms with E-state index in [0.29, 0.717) is 5.75 Å². The van der Waals surface area contributed by atoms with E-state index >= 15 is 0 Å². The normalized spacial score (nSPS) is 18.0. The Kier molecular flexibility index (Phi) is 4.67. The summed E-state index contributed by atoms with van der Waals surface area (Å²) in [7, 11) is 4.49. The maximum atomic E-state index is 10.2. The predicted molar refractivity (Wildman–Crippen MR) is 96.7 cm³/mol. The molecule has 0 saturated heterocycles. The molecule has 0 aromatic heterocycles. The van der Waals surface area contributed by atoms with Gasteiger partial charge in [-0.1, -0.05) is 36.8 Å². The molecule has 0 radical (unpaired) electrons. The van der Waals surface area contributed by atoms with Crippen LogP contribution in [0.25, 0.3) is 10.8 Å². The number of aromatic hydroxyl groups is 1.